The molecule has 1 saturated heterocycles. The van der Waals surface area contributed by atoms with Gasteiger partial charge in [0.2, 0.25) is 0 Å². The number of likely N-dealkylation sites (tertiary alicyclic amines) is 1. The Kier molecular flexibility index (Phi) is 6.17. The fraction of sp³-hybridized carbons (Fsp3) is 0.381. The number of nitrogens with zero attached hydrogens (tertiary/aromatic N) is 5. The van der Waals surface area contributed by atoms with Gasteiger partial charge in [-0.3, -0.25) is 4.90 Å². The van der Waals surface area contributed by atoms with Gasteiger partial charge in [-0.1, -0.05) is 47.9 Å². The minimum atomic E-state index is -3.59. The number of hydrogen-bond donors (Lipinski definition) is 0. The second-order valence-corrected chi connectivity index (χ2v) is 10.0. The summed E-state index contributed by atoms with van der Waals surface area (Å²) in [4.78, 5) is 2.57. The quantitative estimate of drug-likeness (QED) is 0.576. The van der Waals surface area contributed by atoms with Gasteiger partial charge in [-0.05, 0) is 73.1 Å². The number of hydrogen-bond acceptors (Lipinski definition) is 6. The monoisotopic (exact) mass is 445 g/mol. The Morgan fingerprint density at radius 3 is 2.33 bits per heavy atom. The minimum Gasteiger partial charge on any atom is -0.290 e. The van der Waals surface area contributed by atoms with Crippen LogP contribution in [0.1, 0.15) is 42.3 Å². The topological polar surface area (TPSA) is 81.0 Å². The third kappa shape index (κ3) is 4.55. The predicted molar refractivity (Wildman–Crippen MR) is 115 cm³/mol. The zero-order valence-electron chi connectivity index (χ0n) is 16.8. The molecule has 1 fully saturated rings. The lowest BCUT2D eigenvalue weighted by Crippen LogP contribution is -2.36. The average Bonchev–Trinajstić information content (AvgIpc) is 3.18. The highest BCUT2D eigenvalue weighted by molar-refractivity contribution is 7.90. The molecule has 1 aliphatic heterocycles. The van der Waals surface area contributed by atoms with Gasteiger partial charge < -0.3 is 0 Å². The van der Waals surface area contributed by atoms with Gasteiger partial charge in [-0.25, -0.2) is 13.1 Å². The van der Waals surface area contributed by atoms with Crippen LogP contribution >= 0.6 is 11.6 Å². The first-order chi connectivity index (χ1) is 14.4. The zero-order valence-corrected chi connectivity index (χ0v) is 18.3. The lowest BCUT2D eigenvalue weighted by molar-refractivity contribution is 0.178. The van der Waals surface area contributed by atoms with Crippen molar-refractivity contribution in [3.63, 3.8) is 0 Å². The molecule has 0 radical (unpaired) electrons. The minimum absolute atomic E-state index is 0.231. The standard InChI is InChI=1S/C21H24ClN5O2S/c1-16-5-11-19(12-6-16)30(28,29)15-27-21(23-24-25-27)20(26-13-3-2-4-14-26)17-7-9-18(22)10-8-17/h5-12,20H,2-4,13-15H2,1H3/t20-/m0/s1. The van der Waals surface area contributed by atoms with Crippen LogP contribution in [0, 0.1) is 6.92 Å². The van der Waals surface area contributed by atoms with Crippen molar-refractivity contribution in [2.24, 2.45) is 0 Å². The van der Waals surface area contributed by atoms with E-state index in [9.17, 15) is 8.42 Å². The van der Waals surface area contributed by atoms with E-state index in [4.69, 9.17) is 11.6 Å². The molecule has 1 aliphatic rings. The van der Waals surface area contributed by atoms with Gasteiger partial charge in [-0.15, -0.1) is 5.10 Å². The van der Waals surface area contributed by atoms with Crippen molar-refractivity contribution in [3.8, 4) is 0 Å². The molecule has 0 saturated carbocycles. The summed E-state index contributed by atoms with van der Waals surface area (Å²) in [5.41, 5.74) is 2.00. The third-order valence-electron chi connectivity index (χ3n) is 5.42. The molecule has 4 rings (SSSR count). The largest absolute Gasteiger partial charge is 0.290 e. The van der Waals surface area contributed by atoms with E-state index in [0.717, 1.165) is 37.1 Å². The highest BCUT2D eigenvalue weighted by Gasteiger charge is 2.30. The molecule has 2 heterocycles. The van der Waals surface area contributed by atoms with Crippen LogP contribution in [0.15, 0.2) is 53.4 Å². The van der Waals surface area contributed by atoms with E-state index < -0.39 is 9.84 Å². The number of benzene rings is 2. The molecule has 0 N–H and O–H groups in total. The summed E-state index contributed by atoms with van der Waals surface area (Å²) in [6, 6.07) is 14.2. The van der Waals surface area contributed by atoms with E-state index in [1.165, 1.54) is 11.1 Å². The third-order valence-corrected chi connectivity index (χ3v) is 7.24. The number of rotatable bonds is 6. The van der Waals surface area contributed by atoms with Crippen molar-refractivity contribution < 1.29 is 8.42 Å². The van der Waals surface area contributed by atoms with Crippen LogP contribution < -0.4 is 0 Å². The Hall–Kier alpha value is -2.29. The van der Waals surface area contributed by atoms with E-state index in [-0.39, 0.29) is 16.8 Å². The van der Waals surface area contributed by atoms with E-state index in [0.29, 0.717) is 10.8 Å². The normalized spacial score (nSPS) is 16.5. The molecule has 9 heteroatoms. The van der Waals surface area contributed by atoms with Gasteiger partial charge in [0.25, 0.3) is 0 Å². The van der Waals surface area contributed by atoms with E-state index in [1.54, 1.807) is 24.3 Å². The summed E-state index contributed by atoms with van der Waals surface area (Å²) in [6.45, 7) is 3.74. The Bertz CT molecular complexity index is 1090. The van der Waals surface area contributed by atoms with Crippen LogP contribution in [-0.2, 0) is 15.7 Å². The van der Waals surface area contributed by atoms with Crippen LogP contribution in [0.2, 0.25) is 5.02 Å². The molecule has 2 aromatic carbocycles. The van der Waals surface area contributed by atoms with Crippen LogP contribution in [0.3, 0.4) is 0 Å². The Morgan fingerprint density at radius 1 is 1.00 bits per heavy atom. The second-order valence-electron chi connectivity index (χ2n) is 7.64. The van der Waals surface area contributed by atoms with Gasteiger partial charge in [0, 0.05) is 5.02 Å². The van der Waals surface area contributed by atoms with Crippen molar-refractivity contribution in [1.82, 2.24) is 25.1 Å². The van der Waals surface area contributed by atoms with Crippen LogP contribution in [0.4, 0.5) is 0 Å². The SMILES string of the molecule is Cc1ccc(S(=O)(=O)Cn2nnnc2[C@H](c2ccc(Cl)cc2)N2CCCCC2)cc1. The summed E-state index contributed by atoms with van der Waals surface area (Å²) >= 11 is 6.09. The maximum Gasteiger partial charge on any atom is 0.198 e. The molecule has 0 spiro atoms. The Labute approximate surface area is 181 Å². The fourth-order valence-electron chi connectivity index (χ4n) is 3.83. The smallest absolute Gasteiger partial charge is 0.198 e. The lowest BCUT2D eigenvalue weighted by Gasteiger charge is -2.34. The molecule has 0 aliphatic carbocycles. The molecular formula is C21H24ClN5O2S. The summed E-state index contributed by atoms with van der Waals surface area (Å²) in [5, 5.41) is 12.7. The summed E-state index contributed by atoms with van der Waals surface area (Å²) in [5.74, 6) is 0.214. The van der Waals surface area contributed by atoms with Crippen molar-refractivity contribution in [2.75, 3.05) is 13.1 Å². The summed E-state index contributed by atoms with van der Waals surface area (Å²) < 4.78 is 27.4. The number of sulfone groups is 1. The van der Waals surface area contributed by atoms with Crippen molar-refractivity contribution in [1.29, 1.82) is 0 Å². The van der Waals surface area contributed by atoms with E-state index >= 15 is 0 Å². The molecule has 30 heavy (non-hydrogen) atoms. The zero-order chi connectivity index (χ0) is 21.1. The summed E-state index contributed by atoms with van der Waals surface area (Å²) in [7, 11) is -3.59. The number of tetrazole rings is 1. The van der Waals surface area contributed by atoms with E-state index in [2.05, 4.69) is 20.4 Å². The van der Waals surface area contributed by atoms with Crippen molar-refractivity contribution in [2.45, 2.75) is 43.0 Å². The van der Waals surface area contributed by atoms with Gasteiger partial charge in [-0.2, -0.15) is 0 Å². The molecular weight excluding hydrogens is 422 g/mol. The first kappa shape index (κ1) is 21.0. The molecule has 158 valence electrons. The first-order valence-electron chi connectivity index (χ1n) is 9.99. The highest BCUT2D eigenvalue weighted by atomic mass is 35.5. The van der Waals surface area contributed by atoms with Crippen LogP contribution in [-0.4, -0.2) is 46.6 Å². The number of aryl methyl sites for hydroxylation is 1. The Balaban J connectivity index is 1.70. The lowest BCUT2D eigenvalue weighted by atomic mass is 10.0. The maximum atomic E-state index is 13.0. The highest BCUT2D eigenvalue weighted by Crippen LogP contribution is 2.31. The van der Waals surface area contributed by atoms with Crippen molar-refractivity contribution in [3.05, 3.63) is 70.5 Å². The van der Waals surface area contributed by atoms with Crippen LogP contribution in [0.5, 0.6) is 0 Å². The molecule has 1 aromatic heterocycles. The fourth-order valence-corrected chi connectivity index (χ4v) is 5.16. The molecule has 0 unspecified atom stereocenters. The first-order valence-corrected chi connectivity index (χ1v) is 12.0. The van der Waals surface area contributed by atoms with E-state index in [1.807, 2.05) is 31.2 Å². The molecule has 0 bridgehead atoms. The number of aromatic nitrogens is 4. The molecule has 1 atom stereocenters. The van der Waals surface area contributed by atoms with Crippen molar-refractivity contribution >= 4 is 21.4 Å². The van der Waals surface area contributed by atoms with Gasteiger partial charge in [0.15, 0.2) is 21.5 Å². The molecule has 0 amide bonds. The van der Waals surface area contributed by atoms with Crippen LogP contribution in [0.25, 0.3) is 0 Å². The number of halogens is 1. The average molecular weight is 446 g/mol. The summed E-state index contributed by atoms with van der Waals surface area (Å²) in [6.07, 6.45) is 3.37. The van der Waals surface area contributed by atoms with Gasteiger partial charge in [0.1, 0.15) is 0 Å². The Morgan fingerprint density at radius 2 is 1.67 bits per heavy atom. The molecule has 3 aromatic rings. The van der Waals surface area contributed by atoms with Gasteiger partial charge in [0.05, 0.1) is 10.9 Å². The number of piperidine rings is 1. The maximum absolute atomic E-state index is 13.0. The molecule has 7 nitrogen and oxygen atoms in total. The van der Waals surface area contributed by atoms with Gasteiger partial charge >= 0.3 is 0 Å². The predicted octanol–water partition coefficient (Wildman–Crippen LogP) is 3.64. The second kappa shape index (κ2) is 8.83.